The molecule has 3 heteroatoms. The van der Waals surface area contributed by atoms with Crippen LogP contribution < -0.4 is 10.1 Å². The van der Waals surface area contributed by atoms with Crippen LogP contribution in [0.15, 0.2) is 30.3 Å². The van der Waals surface area contributed by atoms with E-state index in [1.54, 1.807) is 0 Å². The van der Waals surface area contributed by atoms with E-state index in [4.69, 9.17) is 10.00 Å². The van der Waals surface area contributed by atoms with Crippen molar-refractivity contribution < 1.29 is 4.74 Å². The van der Waals surface area contributed by atoms with Crippen LogP contribution in [-0.2, 0) is 0 Å². The van der Waals surface area contributed by atoms with Gasteiger partial charge in [-0.2, -0.15) is 5.26 Å². The molecule has 15 heavy (non-hydrogen) atoms. The second-order valence-corrected chi connectivity index (χ2v) is 3.21. The van der Waals surface area contributed by atoms with Crippen molar-refractivity contribution in [3.63, 3.8) is 0 Å². The first-order valence-electron chi connectivity index (χ1n) is 5.17. The van der Waals surface area contributed by atoms with Gasteiger partial charge < -0.3 is 4.74 Å². The molecule has 0 aliphatic rings. The zero-order chi connectivity index (χ0) is 10.9. The average molecular weight is 204 g/mol. The zero-order valence-corrected chi connectivity index (χ0v) is 8.94. The number of nitrogens with one attached hydrogen (secondary N) is 1. The Labute approximate surface area is 90.7 Å². The van der Waals surface area contributed by atoms with Gasteiger partial charge in [0.2, 0.25) is 0 Å². The van der Waals surface area contributed by atoms with Gasteiger partial charge in [0.15, 0.2) is 0 Å². The molecular weight excluding hydrogens is 188 g/mol. The molecule has 1 N–H and O–H groups in total. The minimum Gasteiger partial charge on any atom is -0.492 e. The largest absolute Gasteiger partial charge is 0.492 e. The molecule has 1 aromatic rings. The molecule has 0 radical (unpaired) electrons. The van der Waals surface area contributed by atoms with Gasteiger partial charge in [-0.25, -0.2) is 0 Å². The average Bonchev–Trinajstić information content (AvgIpc) is 2.31. The lowest BCUT2D eigenvalue weighted by molar-refractivity contribution is 0.309. The molecule has 0 spiro atoms. The highest BCUT2D eigenvalue weighted by Crippen LogP contribution is 2.07. The van der Waals surface area contributed by atoms with Crippen molar-refractivity contribution >= 4 is 0 Å². The molecule has 1 rings (SSSR count). The fourth-order valence-corrected chi connectivity index (χ4v) is 1.20. The summed E-state index contributed by atoms with van der Waals surface area (Å²) in [6, 6.07) is 11.8. The minimum atomic E-state index is -0.0654. The van der Waals surface area contributed by atoms with E-state index in [1.165, 1.54) is 0 Å². The summed E-state index contributed by atoms with van der Waals surface area (Å²) < 4.78 is 5.47. The molecule has 0 saturated heterocycles. The number of rotatable bonds is 6. The van der Waals surface area contributed by atoms with Gasteiger partial charge in [-0.15, -0.1) is 0 Å². The standard InChI is InChI=1S/C12H16N2O/c1-2-11(10-13)14-8-9-15-12-6-4-3-5-7-12/h3-7,11,14H,2,8-9H2,1H3. The smallest absolute Gasteiger partial charge is 0.119 e. The first kappa shape index (κ1) is 11.5. The summed E-state index contributed by atoms with van der Waals surface area (Å²) in [6.45, 7) is 3.27. The third-order valence-electron chi connectivity index (χ3n) is 2.07. The van der Waals surface area contributed by atoms with Crippen LogP contribution in [0.4, 0.5) is 0 Å². The Balaban J connectivity index is 2.15. The maximum Gasteiger partial charge on any atom is 0.119 e. The molecule has 0 aromatic heterocycles. The van der Waals surface area contributed by atoms with Crippen molar-refractivity contribution in [2.24, 2.45) is 0 Å². The van der Waals surface area contributed by atoms with Gasteiger partial charge in [0.05, 0.1) is 12.1 Å². The lowest BCUT2D eigenvalue weighted by Gasteiger charge is -2.09. The summed E-state index contributed by atoms with van der Waals surface area (Å²) in [6.07, 6.45) is 0.821. The molecular formula is C12H16N2O. The normalized spacial score (nSPS) is 11.7. The summed E-state index contributed by atoms with van der Waals surface area (Å²) in [5.74, 6) is 0.865. The molecule has 0 aliphatic heterocycles. The van der Waals surface area contributed by atoms with E-state index in [-0.39, 0.29) is 6.04 Å². The van der Waals surface area contributed by atoms with E-state index in [1.807, 2.05) is 37.3 Å². The number of hydrogen-bond acceptors (Lipinski definition) is 3. The number of nitriles is 1. The molecule has 0 fully saturated rings. The summed E-state index contributed by atoms with van der Waals surface area (Å²) in [4.78, 5) is 0. The number of benzene rings is 1. The Morgan fingerprint density at radius 1 is 1.40 bits per heavy atom. The molecule has 3 nitrogen and oxygen atoms in total. The van der Waals surface area contributed by atoms with Gasteiger partial charge in [0, 0.05) is 6.54 Å². The second-order valence-electron chi connectivity index (χ2n) is 3.21. The number of ether oxygens (including phenoxy) is 1. The molecule has 0 amide bonds. The number of nitrogens with zero attached hydrogens (tertiary/aromatic N) is 1. The molecule has 0 heterocycles. The van der Waals surface area contributed by atoms with Crippen LogP contribution in [0.25, 0.3) is 0 Å². The summed E-state index contributed by atoms with van der Waals surface area (Å²) >= 11 is 0. The fraction of sp³-hybridized carbons (Fsp3) is 0.417. The van der Waals surface area contributed by atoms with E-state index in [2.05, 4.69) is 11.4 Å². The lowest BCUT2D eigenvalue weighted by Crippen LogP contribution is -2.30. The van der Waals surface area contributed by atoms with Crippen molar-refractivity contribution in [3.05, 3.63) is 30.3 Å². The quantitative estimate of drug-likeness (QED) is 0.720. The molecule has 0 saturated carbocycles. The Morgan fingerprint density at radius 3 is 2.73 bits per heavy atom. The highest BCUT2D eigenvalue weighted by atomic mass is 16.5. The van der Waals surface area contributed by atoms with Crippen LogP contribution in [0.1, 0.15) is 13.3 Å². The van der Waals surface area contributed by atoms with Crippen LogP contribution >= 0.6 is 0 Å². The summed E-state index contributed by atoms with van der Waals surface area (Å²) in [7, 11) is 0. The third kappa shape index (κ3) is 4.48. The van der Waals surface area contributed by atoms with Gasteiger partial charge in [-0.3, -0.25) is 5.32 Å². The van der Waals surface area contributed by atoms with Crippen molar-refractivity contribution in [1.82, 2.24) is 5.32 Å². The summed E-state index contributed by atoms with van der Waals surface area (Å²) in [5, 5.41) is 11.8. The van der Waals surface area contributed by atoms with E-state index < -0.39 is 0 Å². The topological polar surface area (TPSA) is 45.0 Å². The van der Waals surface area contributed by atoms with Crippen LogP contribution in [0.2, 0.25) is 0 Å². The molecule has 1 unspecified atom stereocenters. The first-order valence-corrected chi connectivity index (χ1v) is 5.17. The predicted molar refractivity (Wildman–Crippen MR) is 59.6 cm³/mol. The minimum absolute atomic E-state index is 0.0654. The van der Waals surface area contributed by atoms with Gasteiger partial charge in [0.25, 0.3) is 0 Å². The van der Waals surface area contributed by atoms with Gasteiger partial charge in [-0.1, -0.05) is 25.1 Å². The Hall–Kier alpha value is -1.53. The fourth-order valence-electron chi connectivity index (χ4n) is 1.20. The van der Waals surface area contributed by atoms with E-state index >= 15 is 0 Å². The van der Waals surface area contributed by atoms with Crippen molar-refractivity contribution in [2.75, 3.05) is 13.2 Å². The van der Waals surface area contributed by atoms with E-state index in [0.717, 1.165) is 12.2 Å². The SMILES string of the molecule is CCC(C#N)NCCOc1ccccc1. The van der Waals surface area contributed by atoms with Gasteiger partial charge in [0.1, 0.15) is 12.4 Å². The van der Waals surface area contributed by atoms with Crippen LogP contribution in [0.3, 0.4) is 0 Å². The third-order valence-corrected chi connectivity index (χ3v) is 2.07. The first-order chi connectivity index (χ1) is 7.36. The maximum atomic E-state index is 8.69. The monoisotopic (exact) mass is 204 g/mol. The number of para-hydroxylation sites is 1. The maximum absolute atomic E-state index is 8.69. The lowest BCUT2D eigenvalue weighted by atomic mass is 10.2. The Kier molecular flexibility index (Phi) is 5.28. The highest BCUT2D eigenvalue weighted by Gasteiger charge is 2.01. The van der Waals surface area contributed by atoms with Gasteiger partial charge >= 0.3 is 0 Å². The van der Waals surface area contributed by atoms with Crippen LogP contribution in [0, 0.1) is 11.3 Å². The van der Waals surface area contributed by atoms with Crippen LogP contribution in [0.5, 0.6) is 5.75 Å². The van der Waals surface area contributed by atoms with E-state index in [9.17, 15) is 0 Å². The molecule has 0 bridgehead atoms. The molecule has 0 aliphatic carbocycles. The highest BCUT2D eigenvalue weighted by molar-refractivity contribution is 5.20. The van der Waals surface area contributed by atoms with Crippen LogP contribution in [-0.4, -0.2) is 19.2 Å². The van der Waals surface area contributed by atoms with Crippen molar-refractivity contribution in [2.45, 2.75) is 19.4 Å². The predicted octanol–water partition coefficient (Wildman–Crippen LogP) is 1.96. The number of hydrogen-bond donors (Lipinski definition) is 1. The van der Waals surface area contributed by atoms with Crippen molar-refractivity contribution in [3.8, 4) is 11.8 Å². The Bertz CT molecular complexity index is 305. The second kappa shape index (κ2) is 6.86. The Morgan fingerprint density at radius 2 is 2.13 bits per heavy atom. The molecule has 1 atom stereocenters. The van der Waals surface area contributed by atoms with Crippen molar-refractivity contribution in [1.29, 1.82) is 5.26 Å². The van der Waals surface area contributed by atoms with E-state index in [0.29, 0.717) is 13.2 Å². The summed E-state index contributed by atoms with van der Waals surface area (Å²) in [5.41, 5.74) is 0. The molecule has 1 aromatic carbocycles. The molecule has 80 valence electrons. The zero-order valence-electron chi connectivity index (χ0n) is 8.94. The van der Waals surface area contributed by atoms with Gasteiger partial charge in [-0.05, 0) is 18.6 Å².